The lowest BCUT2D eigenvalue weighted by Crippen LogP contribution is -2.26. The fourth-order valence-electron chi connectivity index (χ4n) is 8.96. The molecule has 0 saturated heterocycles. The van der Waals surface area contributed by atoms with Crippen LogP contribution < -0.4 is 14.5 Å². The van der Waals surface area contributed by atoms with Crippen molar-refractivity contribution in [1.82, 2.24) is 9.55 Å². The molecule has 0 amide bonds. The molecular weight excluding hydrogens is 769 g/mol. The van der Waals surface area contributed by atoms with E-state index in [1.54, 1.807) is 0 Å². The fraction of sp³-hybridized carbons (Fsp3) is 0.259. The molecule has 1 aliphatic rings. The first-order valence-corrected chi connectivity index (χ1v) is 22.3. The van der Waals surface area contributed by atoms with Crippen LogP contribution in [0.5, 0.6) is 11.5 Å². The maximum atomic E-state index is 7.03. The molecule has 9 rings (SSSR count). The summed E-state index contributed by atoms with van der Waals surface area (Å²) in [6.07, 6.45) is 6.31. The van der Waals surface area contributed by atoms with E-state index in [1.165, 1.54) is 44.5 Å². The van der Waals surface area contributed by atoms with Gasteiger partial charge < -0.3 is 14.5 Å². The normalized spacial score (nSPS) is 13.7. The first-order chi connectivity index (χ1) is 30.0. The highest BCUT2D eigenvalue weighted by Gasteiger charge is 2.28. The van der Waals surface area contributed by atoms with Crippen LogP contribution in [0.3, 0.4) is 0 Å². The molecule has 2 aromatic heterocycles. The third kappa shape index (κ3) is 8.02. The van der Waals surface area contributed by atoms with Gasteiger partial charge >= 0.3 is 0 Å². The van der Waals surface area contributed by atoms with Gasteiger partial charge in [0.15, 0.2) is 0 Å². The zero-order valence-electron chi connectivity index (χ0n) is 38.6. The molecule has 0 saturated carbocycles. The van der Waals surface area contributed by atoms with Crippen LogP contribution in [-0.2, 0) is 21.7 Å². The second-order valence-corrected chi connectivity index (χ2v) is 20.4. The Bertz CT molecular complexity index is 2980. The molecule has 0 spiro atoms. The molecule has 8 aromatic rings. The fourth-order valence-corrected chi connectivity index (χ4v) is 8.96. The number of hydrogen-bond acceptors (Lipinski definition) is 4. The van der Waals surface area contributed by atoms with E-state index in [2.05, 4.69) is 248 Å². The van der Waals surface area contributed by atoms with Gasteiger partial charge in [-0.15, -0.1) is 0 Å². The third-order valence-electron chi connectivity index (χ3n) is 13.2. The Morgan fingerprint density at radius 3 is 1.70 bits per heavy atom. The van der Waals surface area contributed by atoms with Crippen molar-refractivity contribution in [3.8, 4) is 17.3 Å². The molecule has 0 unspecified atom stereocenters. The topological polar surface area (TPSA) is 33.5 Å². The van der Waals surface area contributed by atoms with Gasteiger partial charge in [0, 0.05) is 63.7 Å². The Kier molecular flexibility index (Phi) is 10.4. The van der Waals surface area contributed by atoms with Crippen LogP contribution in [0.15, 0.2) is 170 Å². The second-order valence-electron chi connectivity index (χ2n) is 20.4. The lowest BCUT2D eigenvalue weighted by molar-refractivity contribution is 0.480. The van der Waals surface area contributed by atoms with Crippen LogP contribution in [0.1, 0.15) is 103 Å². The van der Waals surface area contributed by atoms with Gasteiger partial charge in [0.25, 0.3) is 0 Å². The van der Waals surface area contributed by atoms with Gasteiger partial charge in [-0.2, -0.15) is 0 Å². The Labute approximate surface area is 374 Å². The quantitative estimate of drug-likeness (QED) is 0.145. The standard InChI is InChI=1S/C58H60N4O/c1-55(2,3)42-22-17-23-46(32-42)60-30-31-61(39-60)47-33-45(58(9,10)41-20-15-12-16-21-41)34-49(37-47)63-48-25-26-50-51-35-43(56(4,5)6)24-27-52(51)62(53(50)38-48)54-36-44(28-29-59-54)57(7,8)40-18-13-11-14-19-40/h11-38H,39H2,1-10H3. The lowest BCUT2D eigenvalue weighted by Gasteiger charge is -2.29. The molecule has 0 aliphatic carbocycles. The summed E-state index contributed by atoms with van der Waals surface area (Å²) in [5.41, 5.74) is 11.5. The van der Waals surface area contributed by atoms with E-state index in [4.69, 9.17) is 9.72 Å². The highest BCUT2D eigenvalue weighted by molar-refractivity contribution is 6.09. The summed E-state index contributed by atoms with van der Waals surface area (Å²) in [6, 6.07) is 54.9. The van der Waals surface area contributed by atoms with Crippen LogP contribution >= 0.6 is 0 Å². The number of fused-ring (bicyclic) bond motifs is 3. The van der Waals surface area contributed by atoms with E-state index in [0.717, 1.165) is 39.4 Å². The predicted molar refractivity (Wildman–Crippen MR) is 265 cm³/mol. The third-order valence-corrected chi connectivity index (χ3v) is 13.2. The van der Waals surface area contributed by atoms with Gasteiger partial charge in [-0.3, -0.25) is 4.57 Å². The zero-order valence-corrected chi connectivity index (χ0v) is 38.6. The Morgan fingerprint density at radius 2 is 1.03 bits per heavy atom. The van der Waals surface area contributed by atoms with E-state index in [0.29, 0.717) is 6.67 Å². The molecule has 0 N–H and O–H groups in total. The molecular formula is C58H60N4O. The van der Waals surface area contributed by atoms with Crippen LogP contribution in [0, 0.1) is 0 Å². The number of rotatable bonds is 9. The van der Waals surface area contributed by atoms with Gasteiger partial charge in [-0.1, -0.05) is 148 Å². The van der Waals surface area contributed by atoms with Crippen molar-refractivity contribution >= 4 is 33.2 Å². The Hall–Kier alpha value is -6.59. The Balaban J connectivity index is 1.14. The molecule has 5 heteroatoms. The summed E-state index contributed by atoms with van der Waals surface area (Å²) in [4.78, 5) is 9.67. The maximum Gasteiger partial charge on any atom is 0.137 e. The number of aromatic nitrogens is 2. The van der Waals surface area contributed by atoms with Crippen LogP contribution in [0.4, 0.5) is 11.4 Å². The molecule has 3 heterocycles. The number of anilines is 2. The van der Waals surface area contributed by atoms with Crippen LogP contribution in [0.2, 0.25) is 0 Å². The monoisotopic (exact) mass is 828 g/mol. The summed E-state index contributed by atoms with van der Waals surface area (Å²) in [5.74, 6) is 2.43. The summed E-state index contributed by atoms with van der Waals surface area (Å²) in [6.45, 7) is 23.5. The van der Waals surface area contributed by atoms with Gasteiger partial charge in [0.2, 0.25) is 0 Å². The Morgan fingerprint density at radius 1 is 0.429 bits per heavy atom. The number of benzene rings is 6. The molecule has 0 radical (unpaired) electrons. The lowest BCUT2D eigenvalue weighted by atomic mass is 9.78. The number of nitrogens with zero attached hydrogens (tertiary/aromatic N) is 4. The van der Waals surface area contributed by atoms with E-state index in [9.17, 15) is 0 Å². The summed E-state index contributed by atoms with van der Waals surface area (Å²) >= 11 is 0. The van der Waals surface area contributed by atoms with E-state index in [-0.39, 0.29) is 21.7 Å². The average Bonchev–Trinajstić information content (AvgIpc) is 3.90. The van der Waals surface area contributed by atoms with Crippen molar-refractivity contribution in [2.45, 2.75) is 90.9 Å². The van der Waals surface area contributed by atoms with E-state index < -0.39 is 0 Å². The van der Waals surface area contributed by atoms with Crippen molar-refractivity contribution in [3.05, 3.63) is 204 Å². The van der Waals surface area contributed by atoms with Gasteiger partial charge in [-0.25, -0.2) is 4.98 Å². The van der Waals surface area contributed by atoms with E-state index >= 15 is 0 Å². The van der Waals surface area contributed by atoms with Crippen molar-refractivity contribution < 1.29 is 4.74 Å². The smallest absolute Gasteiger partial charge is 0.137 e. The molecule has 0 fully saturated rings. The number of hydrogen-bond donors (Lipinski definition) is 0. The number of ether oxygens (including phenoxy) is 1. The van der Waals surface area contributed by atoms with Gasteiger partial charge in [-0.05, 0) is 105 Å². The minimum absolute atomic E-state index is 0.00217. The SMILES string of the molecule is CC(C)(C)c1cccc(N2C=CN(c3cc(Oc4ccc5c6cc(C(C)(C)C)ccc6n(-c6cc(C(C)(C)c7ccccc7)ccn6)c5c4)cc(C(C)(C)c4ccccc4)c3)C2)c1. The zero-order chi connectivity index (χ0) is 44.3. The molecule has 63 heavy (non-hydrogen) atoms. The van der Waals surface area contributed by atoms with Crippen LogP contribution in [-0.4, -0.2) is 16.2 Å². The maximum absolute atomic E-state index is 7.03. The van der Waals surface area contributed by atoms with Crippen molar-refractivity contribution in [2.24, 2.45) is 0 Å². The summed E-state index contributed by atoms with van der Waals surface area (Å²) < 4.78 is 9.34. The largest absolute Gasteiger partial charge is 0.457 e. The first kappa shape index (κ1) is 41.7. The molecule has 5 nitrogen and oxygen atoms in total. The van der Waals surface area contributed by atoms with Crippen molar-refractivity contribution in [2.75, 3.05) is 16.5 Å². The van der Waals surface area contributed by atoms with Crippen LogP contribution in [0.25, 0.3) is 27.6 Å². The minimum atomic E-state index is -0.287. The highest BCUT2D eigenvalue weighted by atomic mass is 16.5. The van der Waals surface area contributed by atoms with Crippen molar-refractivity contribution in [3.63, 3.8) is 0 Å². The molecule has 6 aromatic carbocycles. The average molecular weight is 829 g/mol. The summed E-state index contributed by atoms with van der Waals surface area (Å²) in [7, 11) is 0. The molecule has 0 bridgehead atoms. The molecule has 1 aliphatic heterocycles. The highest BCUT2D eigenvalue weighted by Crippen LogP contribution is 2.42. The van der Waals surface area contributed by atoms with Crippen molar-refractivity contribution in [1.29, 1.82) is 0 Å². The van der Waals surface area contributed by atoms with Gasteiger partial charge in [0.1, 0.15) is 17.3 Å². The minimum Gasteiger partial charge on any atom is -0.457 e. The summed E-state index contributed by atoms with van der Waals surface area (Å²) in [5, 5.41) is 2.36. The molecule has 318 valence electrons. The van der Waals surface area contributed by atoms with E-state index in [1.807, 2.05) is 6.20 Å². The molecule has 0 atom stereocenters. The van der Waals surface area contributed by atoms with Gasteiger partial charge in [0.05, 0.1) is 17.7 Å². The predicted octanol–water partition coefficient (Wildman–Crippen LogP) is 15.0. The second kappa shape index (κ2) is 15.6. The number of pyridine rings is 1. The first-order valence-electron chi connectivity index (χ1n) is 22.3.